The number of nitrogens with two attached hydrogens (primary N) is 1. The van der Waals surface area contributed by atoms with Crippen molar-refractivity contribution in [2.45, 2.75) is 57.1 Å². The van der Waals surface area contributed by atoms with Crippen molar-refractivity contribution in [2.75, 3.05) is 19.7 Å². The summed E-state index contributed by atoms with van der Waals surface area (Å²) >= 11 is 5.98. The van der Waals surface area contributed by atoms with Gasteiger partial charge in [-0.05, 0) is 80.7 Å². The predicted molar refractivity (Wildman–Crippen MR) is 159 cm³/mol. The first kappa shape index (κ1) is 28.1. The highest BCUT2D eigenvalue weighted by Crippen LogP contribution is 2.49. The number of hydrazine groups is 1. The fraction of sp³-hybridized carbons (Fsp3) is 0.375. The van der Waals surface area contributed by atoms with Gasteiger partial charge in [-0.25, -0.2) is 15.2 Å². The molecule has 224 valence electrons. The van der Waals surface area contributed by atoms with Crippen molar-refractivity contribution in [3.05, 3.63) is 88.0 Å². The molecule has 11 heteroatoms. The van der Waals surface area contributed by atoms with E-state index in [0.717, 1.165) is 67.9 Å². The van der Waals surface area contributed by atoms with E-state index in [2.05, 4.69) is 21.0 Å². The minimum Gasteiger partial charge on any atom is -0.444 e. The molecule has 0 bridgehead atoms. The van der Waals surface area contributed by atoms with E-state index >= 15 is 0 Å². The van der Waals surface area contributed by atoms with Crippen LogP contribution in [0.25, 0.3) is 11.0 Å². The number of carbonyl (C=O) groups is 1. The molecule has 3 aliphatic rings. The predicted octanol–water partition coefficient (Wildman–Crippen LogP) is 5.24. The van der Waals surface area contributed by atoms with E-state index in [-0.39, 0.29) is 17.9 Å². The van der Waals surface area contributed by atoms with Crippen LogP contribution in [0.2, 0.25) is 5.02 Å². The van der Waals surface area contributed by atoms with Crippen LogP contribution in [-0.4, -0.2) is 46.2 Å². The van der Waals surface area contributed by atoms with Gasteiger partial charge in [0.05, 0.1) is 35.8 Å². The zero-order valence-electron chi connectivity index (χ0n) is 23.8. The van der Waals surface area contributed by atoms with Gasteiger partial charge in [0.1, 0.15) is 11.6 Å². The fourth-order valence-corrected chi connectivity index (χ4v) is 6.56. The lowest BCUT2D eigenvalue weighted by Crippen LogP contribution is -2.35. The molecule has 4 aromatic rings. The van der Waals surface area contributed by atoms with Crippen LogP contribution in [0, 0.1) is 5.82 Å². The van der Waals surface area contributed by atoms with Crippen molar-refractivity contribution >= 4 is 28.5 Å². The summed E-state index contributed by atoms with van der Waals surface area (Å²) in [6, 6.07) is 15.9. The summed E-state index contributed by atoms with van der Waals surface area (Å²) in [5.41, 5.74) is 5.80. The van der Waals surface area contributed by atoms with Gasteiger partial charge in [-0.15, -0.1) is 0 Å². The Bertz CT molecular complexity index is 1700. The Balaban J connectivity index is 1.08. The van der Waals surface area contributed by atoms with Crippen molar-refractivity contribution in [1.82, 2.24) is 19.9 Å². The number of imidazole rings is 1. The summed E-state index contributed by atoms with van der Waals surface area (Å²) in [5, 5.41) is 0.323. The van der Waals surface area contributed by atoms with Gasteiger partial charge in [0, 0.05) is 29.7 Å². The number of likely N-dealkylation sites (tertiary alicyclic amines) is 1. The SMILES string of the molecule is CC1(c2ccc(Cl)cc2F)Oc2cccc(C3CCN(Cc4nc5cc(C(=O)NN)ccc5n4C[C@@H]4CCO4)CC3)c2O1. The molecule has 2 atom stereocenters. The molecule has 1 unspecified atom stereocenters. The molecule has 3 N–H and O–H groups in total. The van der Waals surface area contributed by atoms with Crippen LogP contribution in [0.15, 0.2) is 54.6 Å². The molecule has 0 radical (unpaired) electrons. The molecule has 43 heavy (non-hydrogen) atoms. The molecule has 7 rings (SSSR count). The van der Waals surface area contributed by atoms with Crippen LogP contribution in [0.5, 0.6) is 11.5 Å². The van der Waals surface area contributed by atoms with E-state index in [9.17, 15) is 9.18 Å². The number of nitrogens with zero attached hydrogens (tertiary/aromatic N) is 3. The van der Waals surface area contributed by atoms with Crippen molar-refractivity contribution < 1.29 is 23.4 Å². The molecular formula is C32H33ClFN5O4. The molecule has 1 amide bonds. The monoisotopic (exact) mass is 605 g/mol. The number of ether oxygens (including phenoxy) is 3. The third kappa shape index (κ3) is 5.22. The van der Waals surface area contributed by atoms with E-state index in [4.69, 9.17) is 36.6 Å². The van der Waals surface area contributed by atoms with Crippen LogP contribution in [-0.2, 0) is 23.6 Å². The standard InChI is InChI=1S/C32H33ClFN5O4/c1-32(24-7-6-21(33)16-25(24)34)42-28-4-2-3-23(30(28)43-32)19-9-12-38(13-10-19)18-29-36-26-15-20(31(40)37-35)5-8-27(26)39(29)17-22-11-14-41-22/h2-8,15-16,19,22H,9-14,17-18,35H2,1H3,(H,37,40)/t22-,32?/m0/s1. The van der Waals surface area contributed by atoms with E-state index in [1.165, 1.54) is 6.07 Å². The van der Waals surface area contributed by atoms with Gasteiger partial charge in [0.2, 0.25) is 0 Å². The Kier molecular flexibility index (Phi) is 7.25. The molecule has 3 aliphatic heterocycles. The summed E-state index contributed by atoms with van der Waals surface area (Å²) in [6.07, 6.45) is 3.05. The molecule has 2 saturated heterocycles. The maximum Gasteiger partial charge on any atom is 0.278 e. The van der Waals surface area contributed by atoms with Crippen molar-refractivity contribution in [3.63, 3.8) is 0 Å². The normalized spacial score (nSPS) is 22.1. The summed E-state index contributed by atoms with van der Waals surface area (Å²) in [7, 11) is 0. The molecular weight excluding hydrogens is 573 g/mol. The van der Waals surface area contributed by atoms with E-state index in [1.807, 2.05) is 18.2 Å². The summed E-state index contributed by atoms with van der Waals surface area (Å²) in [6.45, 7) is 5.69. The van der Waals surface area contributed by atoms with Gasteiger partial charge in [-0.1, -0.05) is 23.7 Å². The highest BCUT2D eigenvalue weighted by Gasteiger charge is 2.43. The lowest BCUT2D eigenvalue weighted by Gasteiger charge is -2.33. The number of aromatic nitrogens is 2. The first-order valence-electron chi connectivity index (χ1n) is 14.6. The number of halogens is 2. The second-order valence-corrected chi connectivity index (χ2v) is 12.0. The summed E-state index contributed by atoms with van der Waals surface area (Å²) in [4.78, 5) is 19.5. The number of amides is 1. The molecule has 2 fully saturated rings. The molecule has 0 saturated carbocycles. The van der Waals surface area contributed by atoms with Gasteiger partial charge in [0.25, 0.3) is 11.7 Å². The third-order valence-corrected chi connectivity index (χ3v) is 9.06. The Morgan fingerprint density at radius 1 is 1.14 bits per heavy atom. The van der Waals surface area contributed by atoms with Crippen molar-refractivity contribution in [2.24, 2.45) is 5.84 Å². The molecule has 9 nitrogen and oxygen atoms in total. The quantitative estimate of drug-likeness (QED) is 0.169. The van der Waals surface area contributed by atoms with Crippen LogP contribution in [0.3, 0.4) is 0 Å². The molecule has 4 heterocycles. The van der Waals surface area contributed by atoms with Crippen LogP contribution in [0.1, 0.15) is 59.4 Å². The number of nitrogens with one attached hydrogen (secondary N) is 1. The number of fused-ring (bicyclic) bond motifs is 2. The maximum absolute atomic E-state index is 14.8. The Labute approximate surface area is 253 Å². The molecule has 3 aromatic carbocycles. The second kappa shape index (κ2) is 11.1. The van der Waals surface area contributed by atoms with Gasteiger partial charge >= 0.3 is 0 Å². The zero-order valence-corrected chi connectivity index (χ0v) is 24.6. The number of hydrogen-bond donors (Lipinski definition) is 2. The van der Waals surface area contributed by atoms with Crippen LogP contribution < -0.4 is 20.7 Å². The average Bonchev–Trinajstić information content (AvgIpc) is 3.50. The third-order valence-electron chi connectivity index (χ3n) is 8.82. The summed E-state index contributed by atoms with van der Waals surface area (Å²) < 4.78 is 35.3. The largest absolute Gasteiger partial charge is 0.444 e. The smallest absolute Gasteiger partial charge is 0.278 e. The van der Waals surface area contributed by atoms with Gasteiger partial charge in [-0.3, -0.25) is 15.1 Å². The Morgan fingerprint density at radius 2 is 1.95 bits per heavy atom. The van der Waals surface area contributed by atoms with Crippen LogP contribution >= 0.6 is 11.6 Å². The second-order valence-electron chi connectivity index (χ2n) is 11.6. The molecule has 0 aliphatic carbocycles. The minimum atomic E-state index is -1.28. The highest BCUT2D eigenvalue weighted by atomic mass is 35.5. The summed E-state index contributed by atoms with van der Waals surface area (Å²) in [5.74, 6) is 5.78. The maximum atomic E-state index is 14.8. The highest BCUT2D eigenvalue weighted by molar-refractivity contribution is 6.30. The van der Waals surface area contributed by atoms with Crippen LogP contribution in [0.4, 0.5) is 4.39 Å². The Hall–Kier alpha value is -3.70. The van der Waals surface area contributed by atoms with Crippen molar-refractivity contribution in [3.8, 4) is 11.5 Å². The Morgan fingerprint density at radius 3 is 2.67 bits per heavy atom. The molecule has 1 aromatic heterocycles. The average molecular weight is 606 g/mol. The number of para-hydroxylation sites is 1. The van der Waals surface area contributed by atoms with E-state index in [1.54, 1.807) is 31.2 Å². The first-order valence-corrected chi connectivity index (χ1v) is 15.0. The molecule has 0 spiro atoms. The number of hydrogen-bond acceptors (Lipinski definition) is 7. The zero-order chi connectivity index (χ0) is 29.7. The van der Waals surface area contributed by atoms with Gasteiger partial charge in [-0.2, -0.15) is 0 Å². The lowest BCUT2D eigenvalue weighted by molar-refractivity contribution is -0.0712. The number of nitrogen functional groups attached to an aromatic ring is 1. The lowest BCUT2D eigenvalue weighted by atomic mass is 9.88. The van der Waals surface area contributed by atoms with Crippen molar-refractivity contribution in [1.29, 1.82) is 0 Å². The number of piperidine rings is 1. The number of carbonyl (C=O) groups excluding carboxylic acids is 1. The topological polar surface area (TPSA) is 104 Å². The van der Waals surface area contributed by atoms with Gasteiger partial charge < -0.3 is 18.8 Å². The van der Waals surface area contributed by atoms with E-state index < -0.39 is 11.6 Å². The minimum absolute atomic E-state index is 0.170. The first-order chi connectivity index (χ1) is 20.8. The number of benzene rings is 3. The van der Waals surface area contributed by atoms with Gasteiger partial charge in [0.15, 0.2) is 11.5 Å². The number of rotatable bonds is 7. The fourth-order valence-electron chi connectivity index (χ4n) is 6.40. The van der Waals surface area contributed by atoms with E-state index in [0.29, 0.717) is 34.2 Å².